The van der Waals surface area contributed by atoms with Gasteiger partial charge in [0.15, 0.2) is 5.76 Å². The highest BCUT2D eigenvalue weighted by molar-refractivity contribution is 5.91. The second kappa shape index (κ2) is 6.36. The zero-order chi connectivity index (χ0) is 15.5. The second-order valence-electron chi connectivity index (χ2n) is 5.69. The molecule has 22 heavy (non-hydrogen) atoms. The van der Waals surface area contributed by atoms with Crippen molar-refractivity contribution in [2.45, 2.75) is 38.8 Å². The summed E-state index contributed by atoms with van der Waals surface area (Å²) >= 11 is 0. The molecule has 118 valence electrons. The van der Waals surface area contributed by atoms with Gasteiger partial charge in [-0.15, -0.1) is 0 Å². The first kappa shape index (κ1) is 14.8. The third-order valence-electron chi connectivity index (χ3n) is 4.07. The van der Waals surface area contributed by atoms with E-state index in [2.05, 4.69) is 15.4 Å². The fraction of sp³-hybridized carbons (Fsp3) is 0.500. The van der Waals surface area contributed by atoms with Gasteiger partial charge >= 0.3 is 0 Å². The van der Waals surface area contributed by atoms with Crippen LogP contribution in [0.15, 0.2) is 27.1 Å². The first-order chi connectivity index (χ1) is 10.7. The summed E-state index contributed by atoms with van der Waals surface area (Å²) in [4.78, 5) is 13.9. The number of furan rings is 1. The van der Waals surface area contributed by atoms with Crippen molar-refractivity contribution in [3.05, 3.63) is 41.2 Å². The number of likely N-dealkylation sites (tertiary alicyclic amines) is 1. The minimum absolute atomic E-state index is 0.200. The number of carbonyl (C=O) groups excluding carboxylic acids is 1. The zero-order valence-electron chi connectivity index (χ0n) is 13.0. The van der Waals surface area contributed by atoms with Gasteiger partial charge in [-0.3, -0.25) is 9.69 Å². The predicted molar refractivity (Wildman–Crippen MR) is 80.3 cm³/mol. The Hall–Kier alpha value is -2.08. The SMILES string of the molecule is CNC(=O)c1ccc(CN2CCCC[C@H]2c2cc(C)on2)o1. The number of piperidine rings is 1. The molecule has 1 N–H and O–H groups in total. The molecule has 0 aliphatic carbocycles. The lowest BCUT2D eigenvalue weighted by molar-refractivity contribution is 0.0924. The lowest BCUT2D eigenvalue weighted by Crippen LogP contribution is -2.33. The molecule has 1 amide bonds. The Balaban J connectivity index is 1.74. The molecule has 1 aliphatic rings. The van der Waals surface area contributed by atoms with Crippen molar-refractivity contribution in [1.82, 2.24) is 15.4 Å². The van der Waals surface area contributed by atoms with E-state index in [1.54, 1.807) is 13.1 Å². The van der Waals surface area contributed by atoms with Crippen LogP contribution in [0.5, 0.6) is 0 Å². The molecule has 0 radical (unpaired) electrons. The Labute approximate surface area is 129 Å². The standard InChI is InChI=1S/C16H21N3O3/c1-11-9-13(18-22-11)14-5-3-4-8-19(14)10-12-6-7-15(21-12)16(20)17-2/h6-7,9,14H,3-5,8,10H2,1-2H3,(H,17,20)/t14-/m0/s1. The maximum atomic E-state index is 11.6. The highest BCUT2D eigenvalue weighted by atomic mass is 16.5. The fourth-order valence-corrected chi connectivity index (χ4v) is 2.97. The van der Waals surface area contributed by atoms with E-state index in [9.17, 15) is 4.79 Å². The van der Waals surface area contributed by atoms with Gasteiger partial charge in [-0.2, -0.15) is 0 Å². The largest absolute Gasteiger partial charge is 0.455 e. The van der Waals surface area contributed by atoms with E-state index in [0.717, 1.165) is 36.6 Å². The number of hydrogen-bond donors (Lipinski definition) is 1. The summed E-state index contributed by atoms with van der Waals surface area (Å²) in [5.74, 6) is 1.78. The maximum absolute atomic E-state index is 11.6. The number of rotatable bonds is 4. The number of amides is 1. The van der Waals surface area contributed by atoms with Crippen molar-refractivity contribution in [2.24, 2.45) is 0 Å². The zero-order valence-corrected chi connectivity index (χ0v) is 13.0. The van der Waals surface area contributed by atoms with Crippen molar-refractivity contribution in [2.75, 3.05) is 13.6 Å². The van der Waals surface area contributed by atoms with E-state index >= 15 is 0 Å². The Kier molecular flexibility index (Phi) is 4.29. The van der Waals surface area contributed by atoms with Crippen LogP contribution in [0, 0.1) is 6.92 Å². The van der Waals surface area contributed by atoms with E-state index in [0.29, 0.717) is 12.3 Å². The van der Waals surface area contributed by atoms with Gasteiger partial charge in [0.05, 0.1) is 12.6 Å². The Bertz CT molecular complexity index is 647. The molecule has 1 saturated heterocycles. The van der Waals surface area contributed by atoms with Crippen LogP contribution >= 0.6 is 0 Å². The van der Waals surface area contributed by atoms with Crippen LogP contribution in [0.1, 0.15) is 53.1 Å². The molecule has 1 aliphatic heterocycles. The molecular weight excluding hydrogens is 282 g/mol. The van der Waals surface area contributed by atoms with Crippen LogP contribution in [0.4, 0.5) is 0 Å². The second-order valence-corrected chi connectivity index (χ2v) is 5.69. The first-order valence-electron chi connectivity index (χ1n) is 7.65. The molecule has 1 fully saturated rings. The van der Waals surface area contributed by atoms with Crippen molar-refractivity contribution in [3.63, 3.8) is 0 Å². The number of aromatic nitrogens is 1. The maximum Gasteiger partial charge on any atom is 0.286 e. The molecule has 0 bridgehead atoms. The van der Waals surface area contributed by atoms with Gasteiger partial charge in [0.1, 0.15) is 17.2 Å². The number of carbonyl (C=O) groups is 1. The van der Waals surface area contributed by atoms with Gasteiger partial charge in [0.25, 0.3) is 5.91 Å². The van der Waals surface area contributed by atoms with E-state index < -0.39 is 0 Å². The molecule has 0 unspecified atom stereocenters. The van der Waals surface area contributed by atoms with Crippen molar-refractivity contribution in [3.8, 4) is 0 Å². The summed E-state index contributed by atoms with van der Waals surface area (Å²) in [6.07, 6.45) is 3.42. The summed E-state index contributed by atoms with van der Waals surface area (Å²) in [7, 11) is 1.60. The number of hydrogen-bond acceptors (Lipinski definition) is 5. The average Bonchev–Trinajstić information content (AvgIpc) is 3.16. The molecule has 0 aromatic carbocycles. The van der Waals surface area contributed by atoms with Crippen LogP contribution in [0.3, 0.4) is 0 Å². The van der Waals surface area contributed by atoms with Gasteiger partial charge < -0.3 is 14.3 Å². The number of aryl methyl sites for hydroxylation is 1. The molecule has 0 spiro atoms. The lowest BCUT2D eigenvalue weighted by Gasteiger charge is -2.33. The molecular formula is C16H21N3O3. The molecule has 6 nitrogen and oxygen atoms in total. The van der Waals surface area contributed by atoms with Crippen LogP contribution < -0.4 is 5.32 Å². The van der Waals surface area contributed by atoms with Gasteiger partial charge in [-0.25, -0.2) is 0 Å². The number of nitrogens with one attached hydrogen (secondary N) is 1. The molecule has 1 atom stereocenters. The summed E-state index contributed by atoms with van der Waals surface area (Å²) in [5.41, 5.74) is 0.982. The van der Waals surface area contributed by atoms with Crippen LogP contribution in [0.2, 0.25) is 0 Å². The minimum Gasteiger partial charge on any atom is -0.455 e. The summed E-state index contributed by atoms with van der Waals surface area (Å²) in [6.45, 7) is 3.58. The lowest BCUT2D eigenvalue weighted by atomic mass is 9.99. The Morgan fingerprint density at radius 3 is 3.05 bits per heavy atom. The highest BCUT2D eigenvalue weighted by Crippen LogP contribution is 2.32. The normalized spacial score (nSPS) is 19.3. The molecule has 2 aromatic heterocycles. The quantitative estimate of drug-likeness (QED) is 0.940. The monoisotopic (exact) mass is 303 g/mol. The molecule has 3 rings (SSSR count). The smallest absolute Gasteiger partial charge is 0.286 e. The predicted octanol–water partition coefficient (Wildman–Crippen LogP) is 2.66. The van der Waals surface area contributed by atoms with Gasteiger partial charge in [-0.1, -0.05) is 11.6 Å². The molecule has 2 aromatic rings. The summed E-state index contributed by atoms with van der Waals surface area (Å²) < 4.78 is 10.8. The van der Waals surface area contributed by atoms with Gasteiger partial charge in [0, 0.05) is 13.1 Å². The van der Waals surface area contributed by atoms with E-state index in [-0.39, 0.29) is 11.9 Å². The third kappa shape index (κ3) is 3.06. The van der Waals surface area contributed by atoms with Gasteiger partial charge in [0.2, 0.25) is 0 Å². The highest BCUT2D eigenvalue weighted by Gasteiger charge is 2.27. The summed E-state index contributed by atoms with van der Waals surface area (Å²) in [5, 5.41) is 6.73. The first-order valence-corrected chi connectivity index (χ1v) is 7.65. The third-order valence-corrected chi connectivity index (χ3v) is 4.07. The number of nitrogens with zero attached hydrogens (tertiary/aromatic N) is 2. The van der Waals surface area contributed by atoms with E-state index in [1.807, 2.05) is 19.1 Å². The molecule has 6 heteroatoms. The van der Waals surface area contributed by atoms with Crippen LogP contribution in [-0.2, 0) is 6.54 Å². The van der Waals surface area contributed by atoms with Crippen molar-refractivity contribution < 1.29 is 13.7 Å². The molecule has 0 saturated carbocycles. The summed E-state index contributed by atoms with van der Waals surface area (Å²) in [6, 6.07) is 5.83. The Morgan fingerprint density at radius 2 is 2.32 bits per heavy atom. The fourth-order valence-electron chi connectivity index (χ4n) is 2.97. The van der Waals surface area contributed by atoms with Gasteiger partial charge in [-0.05, 0) is 38.4 Å². The average molecular weight is 303 g/mol. The van der Waals surface area contributed by atoms with Crippen LogP contribution in [0.25, 0.3) is 0 Å². The molecule has 3 heterocycles. The van der Waals surface area contributed by atoms with E-state index in [1.165, 1.54) is 6.42 Å². The van der Waals surface area contributed by atoms with Crippen molar-refractivity contribution >= 4 is 5.91 Å². The van der Waals surface area contributed by atoms with E-state index in [4.69, 9.17) is 8.94 Å². The Morgan fingerprint density at radius 1 is 1.45 bits per heavy atom. The van der Waals surface area contributed by atoms with Crippen molar-refractivity contribution in [1.29, 1.82) is 0 Å². The topological polar surface area (TPSA) is 71.5 Å². The van der Waals surface area contributed by atoms with Crippen LogP contribution in [-0.4, -0.2) is 29.6 Å². The minimum atomic E-state index is -0.200.